The van der Waals surface area contributed by atoms with Crippen LogP contribution in [0.3, 0.4) is 0 Å². The Hall–Kier alpha value is -3.56. The predicted octanol–water partition coefficient (Wildman–Crippen LogP) is 7.81. The lowest BCUT2D eigenvalue weighted by molar-refractivity contribution is 0.526. The van der Waals surface area contributed by atoms with E-state index in [1.807, 2.05) is 42.7 Å². The molecule has 2 heterocycles. The lowest BCUT2D eigenvalue weighted by atomic mass is 10.0. The van der Waals surface area contributed by atoms with Crippen LogP contribution in [0.25, 0.3) is 0 Å². The summed E-state index contributed by atoms with van der Waals surface area (Å²) in [6, 6.07) is 10.8. The highest BCUT2D eigenvalue weighted by Gasteiger charge is 2.09. The first kappa shape index (κ1) is 34.6. The largest absolute Gasteiger partial charge is 0.380 e. The van der Waals surface area contributed by atoms with Crippen LogP contribution in [0.4, 0.5) is 29.2 Å². The van der Waals surface area contributed by atoms with Gasteiger partial charge in [0.2, 0.25) is 5.95 Å². The first-order chi connectivity index (χ1) is 20.0. The molecule has 1 aromatic carbocycles. The number of hydrogen-bond acceptors (Lipinski definition) is 10. The quantitative estimate of drug-likeness (QED) is 0.134. The minimum atomic E-state index is 0.298. The van der Waals surface area contributed by atoms with Gasteiger partial charge < -0.3 is 21.3 Å². The summed E-state index contributed by atoms with van der Waals surface area (Å²) in [5.41, 5.74) is 1.90. The molecule has 0 saturated carbocycles. The highest BCUT2D eigenvalue weighted by molar-refractivity contribution is 5.51. The van der Waals surface area contributed by atoms with Crippen molar-refractivity contribution in [2.24, 2.45) is 17.8 Å². The summed E-state index contributed by atoms with van der Waals surface area (Å²) >= 11 is 0. The van der Waals surface area contributed by atoms with Gasteiger partial charge in [-0.15, -0.1) is 20.4 Å². The highest BCUT2D eigenvalue weighted by atomic mass is 15.4. The molecule has 0 spiro atoms. The molecule has 3 unspecified atom stereocenters. The monoisotopic (exact) mass is 578 g/mol. The van der Waals surface area contributed by atoms with Crippen LogP contribution in [-0.4, -0.2) is 48.5 Å². The number of para-hydroxylation sites is 1. The molecule has 0 aliphatic carbocycles. The van der Waals surface area contributed by atoms with E-state index >= 15 is 0 Å². The molecule has 3 rings (SSSR count). The van der Waals surface area contributed by atoms with Crippen molar-refractivity contribution in [1.82, 2.24) is 30.4 Å². The van der Waals surface area contributed by atoms with Crippen LogP contribution in [-0.2, 0) is 0 Å². The Bertz CT molecular complexity index is 1050. The standard InChI is InChI=1S/C18H34N4.C14H20N6/c1-13(2)7-9-15(5)21-17-11-19-18(20-12-17)22-16(6)10-8-14(3)4;1-10(2)9-11(3)15-13-17-19-14(20-18-13)16-12-7-5-4-6-8-12/h11-16,21H,7-10H2,1-6H3,(H,19,20,22);4-8,10-11H,9H2,1-3H3,(H,15,17,18)(H,16,19,20). The summed E-state index contributed by atoms with van der Waals surface area (Å²) in [5.74, 6) is 3.67. The van der Waals surface area contributed by atoms with Crippen LogP contribution < -0.4 is 21.3 Å². The molecule has 0 fully saturated rings. The maximum atomic E-state index is 4.41. The van der Waals surface area contributed by atoms with E-state index in [2.05, 4.69) is 114 Å². The third-order valence-corrected chi connectivity index (χ3v) is 6.50. The van der Waals surface area contributed by atoms with E-state index in [0.717, 1.165) is 42.0 Å². The average molecular weight is 579 g/mol. The van der Waals surface area contributed by atoms with Crippen LogP contribution in [0.1, 0.15) is 94.4 Å². The summed E-state index contributed by atoms with van der Waals surface area (Å²) in [6.07, 6.45) is 9.57. The molecule has 0 amide bonds. The second kappa shape index (κ2) is 18.8. The molecule has 10 heteroatoms. The number of nitrogens with one attached hydrogen (secondary N) is 4. The molecule has 232 valence electrons. The Balaban J connectivity index is 0.000000294. The predicted molar refractivity (Wildman–Crippen MR) is 176 cm³/mol. The minimum absolute atomic E-state index is 0.298. The van der Waals surface area contributed by atoms with Crippen molar-refractivity contribution >= 4 is 29.2 Å². The number of nitrogens with zero attached hydrogens (tertiary/aromatic N) is 6. The van der Waals surface area contributed by atoms with Crippen LogP contribution >= 0.6 is 0 Å². The summed E-state index contributed by atoms with van der Waals surface area (Å²) in [5, 5.41) is 29.1. The van der Waals surface area contributed by atoms with Gasteiger partial charge in [-0.25, -0.2) is 9.97 Å². The summed E-state index contributed by atoms with van der Waals surface area (Å²) < 4.78 is 0. The Morgan fingerprint density at radius 2 is 1.00 bits per heavy atom. The van der Waals surface area contributed by atoms with E-state index in [1.54, 1.807) is 0 Å². The van der Waals surface area contributed by atoms with Crippen molar-refractivity contribution in [3.05, 3.63) is 42.7 Å². The maximum absolute atomic E-state index is 4.41. The Kier molecular flexibility index (Phi) is 15.5. The second-order valence-electron chi connectivity index (χ2n) is 12.5. The second-order valence-corrected chi connectivity index (χ2v) is 12.5. The molecule has 0 bridgehead atoms. The Morgan fingerprint density at radius 3 is 1.52 bits per heavy atom. The fourth-order valence-corrected chi connectivity index (χ4v) is 4.27. The zero-order valence-electron chi connectivity index (χ0n) is 27.2. The van der Waals surface area contributed by atoms with Gasteiger partial charge in [0.25, 0.3) is 11.9 Å². The first-order valence-electron chi connectivity index (χ1n) is 15.5. The van der Waals surface area contributed by atoms with Gasteiger partial charge in [-0.05, 0) is 82.8 Å². The van der Waals surface area contributed by atoms with E-state index in [9.17, 15) is 0 Å². The van der Waals surface area contributed by atoms with Gasteiger partial charge in [-0.1, -0.05) is 59.7 Å². The van der Waals surface area contributed by atoms with Gasteiger partial charge in [-0.2, -0.15) is 0 Å². The molecular formula is C32H54N10. The molecule has 0 saturated heterocycles. The third-order valence-electron chi connectivity index (χ3n) is 6.50. The SMILES string of the molecule is CC(C)CC(C)Nc1nnc(Nc2ccccc2)nn1.CC(C)CCC(C)Nc1cnc(NC(C)CCC(C)C)nc1. The highest BCUT2D eigenvalue weighted by Crippen LogP contribution is 2.15. The van der Waals surface area contributed by atoms with E-state index in [4.69, 9.17) is 0 Å². The smallest absolute Gasteiger partial charge is 0.266 e. The molecule has 0 radical (unpaired) electrons. The molecule has 2 aromatic heterocycles. The molecule has 0 aliphatic heterocycles. The van der Waals surface area contributed by atoms with Gasteiger partial charge in [0, 0.05) is 23.8 Å². The van der Waals surface area contributed by atoms with Gasteiger partial charge in [0.1, 0.15) is 0 Å². The summed E-state index contributed by atoms with van der Waals surface area (Å²) in [6.45, 7) is 19.9. The molecule has 0 aliphatic rings. The Labute approximate surface area is 253 Å². The minimum Gasteiger partial charge on any atom is -0.380 e. The van der Waals surface area contributed by atoms with Crippen molar-refractivity contribution in [2.45, 2.75) is 113 Å². The fourth-order valence-electron chi connectivity index (χ4n) is 4.27. The molecule has 10 nitrogen and oxygen atoms in total. The molecule has 42 heavy (non-hydrogen) atoms. The zero-order valence-corrected chi connectivity index (χ0v) is 27.2. The van der Waals surface area contributed by atoms with Crippen LogP contribution in [0, 0.1) is 17.8 Å². The number of rotatable bonds is 16. The van der Waals surface area contributed by atoms with Gasteiger partial charge in [0.05, 0.1) is 18.1 Å². The summed E-state index contributed by atoms with van der Waals surface area (Å²) in [4.78, 5) is 8.82. The number of benzene rings is 1. The van der Waals surface area contributed by atoms with Crippen molar-refractivity contribution in [1.29, 1.82) is 0 Å². The zero-order chi connectivity index (χ0) is 30.9. The molecule has 4 N–H and O–H groups in total. The number of anilines is 5. The van der Waals surface area contributed by atoms with Gasteiger partial charge in [0.15, 0.2) is 0 Å². The van der Waals surface area contributed by atoms with Crippen molar-refractivity contribution < 1.29 is 0 Å². The Morgan fingerprint density at radius 1 is 0.500 bits per heavy atom. The summed E-state index contributed by atoms with van der Waals surface area (Å²) in [7, 11) is 0. The van der Waals surface area contributed by atoms with Crippen LogP contribution in [0.2, 0.25) is 0 Å². The lowest BCUT2D eigenvalue weighted by Crippen LogP contribution is -2.20. The van der Waals surface area contributed by atoms with E-state index < -0.39 is 0 Å². The normalized spacial score (nSPS) is 13.2. The number of aromatic nitrogens is 6. The topological polar surface area (TPSA) is 125 Å². The van der Waals surface area contributed by atoms with Gasteiger partial charge in [-0.3, -0.25) is 0 Å². The van der Waals surface area contributed by atoms with E-state index in [0.29, 0.717) is 35.9 Å². The molecule has 3 aromatic rings. The number of hydrogen-bond donors (Lipinski definition) is 4. The van der Waals surface area contributed by atoms with E-state index in [1.165, 1.54) is 19.3 Å². The van der Waals surface area contributed by atoms with Crippen molar-refractivity contribution in [3.63, 3.8) is 0 Å². The van der Waals surface area contributed by atoms with Crippen molar-refractivity contribution in [3.8, 4) is 0 Å². The lowest BCUT2D eigenvalue weighted by Gasteiger charge is -2.17. The van der Waals surface area contributed by atoms with Crippen LogP contribution in [0.15, 0.2) is 42.7 Å². The fraction of sp³-hybridized carbons (Fsp3) is 0.625. The molecular weight excluding hydrogens is 524 g/mol. The maximum Gasteiger partial charge on any atom is 0.266 e. The van der Waals surface area contributed by atoms with Crippen molar-refractivity contribution in [2.75, 3.05) is 21.3 Å². The van der Waals surface area contributed by atoms with Gasteiger partial charge >= 0.3 is 0 Å². The first-order valence-corrected chi connectivity index (χ1v) is 15.5. The van der Waals surface area contributed by atoms with E-state index in [-0.39, 0.29) is 0 Å². The average Bonchev–Trinajstić information content (AvgIpc) is 2.93. The van der Waals surface area contributed by atoms with Crippen LogP contribution in [0.5, 0.6) is 0 Å². The third kappa shape index (κ3) is 15.4. The molecule has 3 atom stereocenters.